The third kappa shape index (κ3) is 1.40. The molecule has 1 heterocycles. The minimum absolute atomic E-state index is 0.338. The van der Waals surface area contributed by atoms with Crippen molar-refractivity contribution in [1.29, 1.82) is 0 Å². The molecule has 0 aliphatic carbocycles. The van der Waals surface area contributed by atoms with Crippen LogP contribution in [0.1, 0.15) is 13.8 Å². The molecule has 1 rings (SSSR count). The summed E-state index contributed by atoms with van der Waals surface area (Å²) in [5.41, 5.74) is 6.06. The molecule has 4 heteroatoms. The summed E-state index contributed by atoms with van der Waals surface area (Å²) < 4.78 is 0. The lowest BCUT2D eigenvalue weighted by atomic mass is 10.5. The highest BCUT2D eigenvalue weighted by atomic mass is 15.7. The van der Waals surface area contributed by atoms with Crippen LogP contribution in [0.2, 0.25) is 0 Å². The Labute approximate surface area is 55.3 Å². The largest absolute Gasteiger partial charge is 0.267 e. The van der Waals surface area contributed by atoms with E-state index in [1.165, 1.54) is 0 Å². The molecular formula is C5H14N4. The molecule has 0 aromatic rings. The monoisotopic (exact) mass is 130 g/mol. The van der Waals surface area contributed by atoms with E-state index in [4.69, 9.17) is 5.84 Å². The molecule has 1 aliphatic heterocycles. The predicted molar refractivity (Wildman–Crippen MR) is 36.1 cm³/mol. The van der Waals surface area contributed by atoms with Crippen LogP contribution in [0.5, 0.6) is 0 Å². The van der Waals surface area contributed by atoms with Gasteiger partial charge in [0, 0.05) is 6.54 Å². The van der Waals surface area contributed by atoms with Crippen molar-refractivity contribution in [3.05, 3.63) is 0 Å². The molecule has 0 spiro atoms. The molecule has 4 N–H and O–H groups in total. The minimum Gasteiger partial charge on any atom is -0.267 e. The Morgan fingerprint density at radius 3 is 2.56 bits per heavy atom. The summed E-state index contributed by atoms with van der Waals surface area (Å²) in [6.45, 7) is 5.05. The van der Waals surface area contributed by atoms with Crippen LogP contribution in [0, 0.1) is 0 Å². The molecule has 4 nitrogen and oxygen atoms in total. The molecule has 1 aliphatic rings. The molecule has 0 radical (unpaired) electrons. The lowest BCUT2D eigenvalue weighted by molar-refractivity contribution is 0.432. The first kappa shape index (κ1) is 6.95. The van der Waals surface area contributed by atoms with E-state index in [1.807, 2.05) is 6.92 Å². The van der Waals surface area contributed by atoms with Crippen LogP contribution in [0.15, 0.2) is 0 Å². The zero-order valence-electron chi connectivity index (χ0n) is 5.89. The standard InChI is InChI=1S/C5H14N4/c1-3-7-8-5-4(2)9(5)6/h4-5,7-8H,3,6H2,1-2H3. The van der Waals surface area contributed by atoms with Gasteiger partial charge in [0.25, 0.3) is 0 Å². The Morgan fingerprint density at radius 1 is 1.67 bits per heavy atom. The normalized spacial score (nSPS) is 41.0. The van der Waals surface area contributed by atoms with Gasteiger partial charge < -0.3 is 0 Å². The van der Waals surface area contributed by atoms with Gasteiger partial charge in [-0.25, -0.2) is 10.4 Å². The second kappa shape index (κ2) is 2.62. The van der Waals surface area contributed by atoms with Crippen LogP contribution in [-0.2, 0) is 0 Å². The Morgan fingerprint density at radius 2 is 2.22 bits per heavy atom. The van der Waals surface area contributed by atoms with E-state index in [9.17, 15) is 0 Å². The van der Waals surface area contributed by atoms with Crippen molar-refractivity contribution >= 4 is 0 Å². The molecule has 0 amide bonds. The van der Waals surface area contributed by atoms with Crippen molar-refractivity contribution in [2.45, 2.75) is 26.1 Å². The van der Waals surface area contributed by atoms with Gasteiger partial charge in [-0.15, -0.1) is 0 Å². The summed E-state index contributed by atoms with van der Waals surface area (Å²) >= 11 is 0. The van der Waals surface area contributed by atoms with Crippen LogP contribution in [0.3, 0.4) is 0 Å². The molecule has 1 saturated heterocycles. The van der Waals surface area contributed by atoms with Crippen molar-refractivity contribution in [2.75, 3.05) is 6.54 Å². The summed E-state index contributed by atoms with van der Waals surface area (Å²) in [6, 6.07) is 0.476. The molecule has 0 bridgehead atoms. The van der Waals surface area contributed by atoms with Crippen LogP contribution in [0.4, 0.5) is 0 Å². The van der Waals surface area contributed by atoms with Crippen molar-refractivity contribution in [3.8, 4) is 0 Å². The Hall–Kier alpha value is -0.160. The van der Waals surface area contributed by atoms with Crippen molar-refractivity contribution in [2.24, 2.45) is 5.84 Å². The van der Waals surface area contributed by atoms with Crippen molar-refractivity contribution in [1.82, 2.24) is 15.9 Å². The Balaban J connectivity index is 2.04. The third-order valence-electron chi connectivity index (χ3n) is 1.59. The lowest BCUT2D eigenvalue weighted by Crippen LogP contribution is -2.37. The van der Waals surface area contributed by atoms with Crippen molar-refractivity contribution in [3.63, 3.8) is 0 Å². The highest BCUT2D eigenvalue weighted by Crippen LogP contribution is 2.17. The summed E-state index contributed by atoms with van der Waals surface area (Å²) in [4.78, 5) is 0. The van der Waals surface area contributed by atoms with E-state index in [-0.39, 0.29) is 0 Å². The lowest BCUT2D eigenvalue weighted by Gasteiger charge is -1.99. The van der Waals surface area contributed by atoms with E-state index in [0.717, 1.165) is 6.54 Å². The maximum absolute atomic E-state index is 5.48. The SMILES string of the molecule is CCNNC1C(C)N1N. The highest BCUT2D eigenvalue weighted by molar-refractivity contribution is 4.91. The van der Waals surface area contributed by atoms with E-state index in [1.54, 1.807) is 5.01 Å². The van der Waals surface area contributed by atoms with Crippen LogP contribution in [-0.4, -0.2) is 23.8 Å². The van der Waals surface area contributed by atoms with Gasteiger partial charge >= 0.3 is 0 Å². The average Bonchev–Trinajstić information content (AvgIpc) is 2.39. The quantitative estimate of drug-likeness (QED) is 0.261. The number of hydrazine groups is 2. The van der Waals surface area contributed by atoms with E-state index < -0.39 is 0 Å². The Kier molecular flexibility index (Phi) is 2.02. The van der Waals surface area contributed by atoms with Gasteiger partial charge in [-0.2, -0.15) is 0 Å². The number of nitrogens with two attached hydrogens (primary N) is 1. The van der Waals surface area contributed by atoms with E-state index in [2.05, 4.69) is 17.8 Å². The zero-order valence-corrected chi connectivity index (χ0v) is 5.89. The van der Waals surface area contributed by atoms with Gasteiger partial charge in [0.2, 0.25) is 0 Å². The van der Waals surface area contributed by atoms with Crippen LogP contribution >= 0.6 is 0 Å². The molecule has 9 heavy (non-hydrogen) atoms. The predicted octanol–water partition coefficient (Wildman–Crippen LogP) is -0.996. The average molecular weight is 130 g/mol. The zero-order chi connectivity index (χ0) is 6.85. The summed E-state index contributed by atoms with van der Waals surface area (Å²) in [6.07, 6.45) is 0.338. The first-order chi connectivity index (χ1) is 4.27. The van der Waals surface area contributed by atoms with Crippen LogP contribution in [0.25, 0.3) is 0 Å². The number of rotatable bonds is 3. The van der Waals surface area contributed by atoms with E-state index >= 15 is 0 Å². The minimum atomic E-state index is 0.338. The summed E-state index contributed by atoms with van der Waals surface area (Å²) in [5, 5.41) is 1.77. The van der Waals surface area contributed by atoms with Gasteiger partial charge in [0.05, 0.1) is 6.04 Å². The topological polar surface area (TPSA) is 53.1 Å². The van der Waals surface area contributed by atoms with Gasteiger partial charge in [0.1, 0.15) is 6.17 Å². The fourth-order valence-corrected chi connectivity index (χ4v) is 0.773. The fourth-order valence-electron chi connectivity index (χ4n) is 0.773. The molecule has 3 atom stereocenters. The first-order valence-electron chi connectivity index (χ1n) is 3.28. The molecule has 0 saturated carbocycles. The maximum atomic E-state index is 5.48. The Bertz CT molecular complexity index is 87.0. The second-order valence-electron chi connectivity index (χ2n) is 2.31. The molecule has 54 valence electrons. The van der Waals surface area contributed by atoms with Gasteiger partial charge in [-0.1, -0.05) is 6.92 Å². The van der Waals surface area contributed by atoms with Gasteiger partial charge in [0.15, 0.2) is 0 Å². The third-order valence-corrected chi connectivity index (χ3v) is 1.59. The maximum Gasteiger partial charge on any atom is 0.103 e. The molecular weight excluding hydrogens is 116 g/mol. The second-order valence-corrected chi connectivity index (χ2v) is 2.31. The summed E-state index contributed by atoms with van der Waals surface area (Å²) in [7, 11) is 0. The molecule has 0 aromatic heterocycles. The number of hydrogen-bond acceptors (Lipinski definition) is 4. The smallest absolute Gasteiger partial charge is 0.103 e. The molecule has 0 aromatic carbocycles. The fraction of sp³-hybridized carbons (Fsp3) is 1.00. The van der Waals surface area contributed by atoms with E-state index in [0.29, 0.717) is 12.2 Å². The molecule has 1 fully saturated rings. The first-order valence-corrected chi connectivity index (χ1v) is 3.28. The van der Waals surface area contributed by atoms with Gasteiger partial charge in [-0.3, -0.25) is 11.3 Å². The van der Waals surface area contributed by atoms with Crippen LogP contribution < -0.4 is 16.7 Å². The van der Waals surface area contributed by atoms with Crippen molar-refractivity contribution < 1.29 is 0 Å². The number of hydrogen-bond donors (Lipinski definition) is 3. The number of nitrogens with one attached hydrogen (secondary N) is 2. The molecule has 3 unspecified atom stereocenters. The highest BCUT2D eigenvalue weighted by Gasteiger charge is 2.41. The van der Waals surface area contributed by atoms with Gasteiger partial charge in [-0.05, 0) is 6.92 Å². The summed E-state index contributed by atoms with van der Waals surface area (Å²) in [5.74, 6) is 5.48. The number of nitrogens with zero attached hydrogens (tertiary/aromatic N) is 1.